The number of hydrogen-bond acceptors (Lipinski definition) is 2. The molecule has 0 heterocycles. The van der Waals surface area contributed by atoms with Gasteiger partial charge in [-0.1, -0.05) is 63.4 Å². The molecule has 2 aromatic carbocycles. The SMILES string of the molecule is CO/N=C(/C#Cc1ccccc1)c1ccccc1Br. The third-order valence-corrected chi connectivity index (χ3v) is 3.10. The van der Waals surface area contributed by atoms with Gasteiger partial charge in [0, 0.05) is 15.6 Å². The van der Waals surface area contributed by atoms with Crippen LogP contribution in [0.3, 0.4) is 0 Å². The van der Waals surface area contributed by atoms with Crippen molar-refractivity contribution < 1.29 is 4.84 Å². The molecule has 0 spiro atoms. The zero-order valence-corrected chi connectivity index (χ0v) is 12.0. The van der Waals surface area contributed by atoms with Gasteiger partial charge in [-0.15, -0.1) is 0 Å². The summed E-state index contributed by atoms with van der Waals surface area (Å²) < 4.78 is 0.938. The number of nitrogens with zero attached hydrogens (tertiary/aromatic N) is 1. The Morgan fingerprint density at radius 1 is 1.05 bits per heavy atom. The van der Waals surface area contributed by atoms with E-state index in [0.717, 1.165) is 15.6 Å². The minimum atomic E-state index is 0.596. The van der Waals surface area contributed by atoms with Gasteiger partial charge in [-0.05, 0) is 24.1 Å². The average Bonchev–Trinajstić information content (AvgIpc) is 2.45. The zero-order valence-electron chi connectivity index (χ0n) is 10.4. The molecule has 0 aliphatic heterocycles. The van der Waals surface area contributed by atoms with Gasteiger partial charge in [0.25, 0.3) is 0 Å². The van der Waals surface area contributed by atoms with Gasteiger partial charge >= 0.3 is 0 Å². The van der Waals surface area contributed by atoms with E-state index in [1.54, 1.807) is 0 Å². The van der Waals surface area contributed by atoms with E-state index in [1.165, 1.54) is 7.11 Å². The molecular weight excluding hydrogens is 302 g/mol. The lowest BCUT2D eigenvalue weighted by atomic mass is 10.1. The second-order valence-corrected chi connectivity index (χ2v) is 4.57. The van der Waals surface area contributed by atoms with E-state index in [-0.39, 0.29) is 0 Å². The fourth-order valence-electron chi connectivity index (χ4n) is 1.54. The van der Waals surface area contributed by atoms with E-state index in [2.05, 4.69) is 32.9 Å². The first kappa shape index (κ1) is 13.4. The summed E-state index contributed by atoms with van der Waals surface area (Å²) in [6.07, 6.45) is 0. The Morgan fingerprint density at radius 2 is 1.74 bits per heavy atom. The highest BCUT2D eigenvalue weighted by atomic mass is 79.9. The van der Waals surface area contributed by atoms with Crippen LogP contribution in [0.25, 0.3) is 0 Å². The molecule has 0 radical (unpaired) electrons. The number of rotatable bonds is 2. The van der Waals surface area contributed by atoms with E-state index >= 15 is 0 Å². The third-order valence-electron chi connectivity index (χ3n) is 2.41. The third kappa shape index (κ3) is 3.70. The summed E-state index contributed by atoms with van der Waals surface area (Å²) in [5, 5.41) is 3.98. The molecule has 19 heavy (non-hydrogen) atoms. The van der Waals surface area contributed by atoms with Crippen LogP contribution < -0.4 is 0 Å². The average molecular weight is 314 g/mol. The molecule has 0 aromatic heterocycles. The van der Waals surface area contributed by atoms with Gasteiger partial charge in [0.1, 0.15) is 7.11 Å². The fraction of sp³-hybridized carbons (Fsp3) is 0.0625. The first-order chi connectivity index (χ1) is 9.31. The number of hydrogen-bond donors (Lipinski definition) is 0. The molecule has 0 atom stereocenters. The van der Waals surface area contributed by atoms with E-state index in [0.29, 0.717) is 5.71 Å². The Hall–Kier alpha value is -2.05. The normalized spacial score (nSPS) is 10.5. The lowest BCUT2D eigenvalue weighted by Gasteiger charge is -2.01. The molecule has 2 rings (SSSR count). The predicted molar refractivity (Wildman–Crippen MR) is 81.0 cm³/mol. The van der Waals surface area contributed by atoms with Crippen molar-refractivity contribution in [2.24, 2.45) is 5.16 Å². The number of halogens is 1. The summed E-state index contributed by atoms with van der Waals surface area (Å²) in [6.45, 7) is 0. The highest BCUT2D eigenvalue weighted by Crippen LogP contribution is 2.16. The van der Waals surface area contributed by atoms with Gasteiger partial charge in [-0.2, -0.15) is 0 Å². The Bertz CT molecular complexity index is 639. The van der Waals surface area contributed by atoms with E-state index in [9.17, 15) is 0 Å². The van der Waals surface area contributed by atoms with Gasteiger partial charge in [0.2, 0.25) is 0 Å². The maximum Gasteiger partial charge on any atom is 0.161 e. The topological polar surface area (TPSA) is 21.6 Å². The van der Waals surface area contributed by atoms with Crippen molar-refractivity contribution in [1.29, 1.82) is 0 Å². The molecule has 0 amide bonds. The van der Waals surface area contributed by atoms with E-state index in [1.807, 2.05) is 54.6 Å². The van der Waals surface area contributed by atoms with Crippen LogP contribution in [0.4, 0.5) is 0 Å². The van der Waals surface area contributed by atoms with Crippen LogP contribution in [0, 0.1) is 11.8 Å². The molecule has 2 nitrogen and oxygen atoms in total. The maximum atomic E-state index is 4.87. The molecule has 0 unspecified atom stereocenters. The van der Waals surface area contributed by atoms with Gasteiger partial charge in [-0.25, -0.2) is 0 Å². The zero-order chi connectivity index (χ0) is 13.5. The van der Waals surface area contributed by atoms with Gasteiger partial charge in [0.15, 0.2) is 5.71 Å². The molecule has 0 N–H and O–H groups in total. The smallest absolute Gasteiger partial charge is 0.161 e. The predicted octanol–water partition coefficient (Wildman–Crippen LogP) is 3.85. The molecule has 0 aliphatic rings. The van der Waals surface area contributed by atoms with Crippen LogP contribution >= 0.6 is 15.9 Å². The summed E-state index contributed by atoms with van der Waals surface area (Å²) in [5.41, 5.74) is 2.45. The molecule has 0 saturated carbocycles. The Kier molecular flexibility index (Phi) is 4.77. The lowest BCUT2D eigenvalue weighted by molar-refractivity contribution is 0.214. The first-order valence-electron chi connectivity index (χ1n) is 5.74. The van der Waals surface area contributed by atoms with Crippen molar-refractivity contribution in [3.05, 3.63) is 70.2 Å². The highest BCUT2D eigenvalue weighted by molar-refractivity contribution is 9.10. The second-order valence-electron chi connectivity index (χ2n) is 3.72. The van der Waals surface area contributed by atoms with E-state index in [4.69, 9.17) is 4.84 Å². The lowest BCUT2D eigenvalue weighted by Crippen LogP contribution is -1.99. The molecule has 0 fully saturated rings. The van der Waals surface area contributed by atoms with Gasteiger partial charge in [0.05, 0.1) is 0 Å². The minimum absolute atomic E-state index is 0.596. The molecule has 0 bridgehead atoms. The summed E-state index contributed by atoms with van der Waals surface area (Å²) in [7, 11) is 1.51. The minimum Gasteiger partial charge on any atom is -0.398 e. The van der Waals surface area contributed by atoms with Gasteiger partial charge in [-0.3, -0.25) is 0 Å². The van der Waals surface area contributed by atoms with Crippen LogP contribution in [0.2, 0.25) is 0 Å². The fourth-order valence-corrected chi connectivity index (χ4v) is 2.01. The molecule has 94 valence electrons. The summed E-state index contributed by atoms with van der Waals surface area (Å²) in [6, 6.07) is 17.6. The maximum absolute atomic E-state index is 4.87. The Morgan fingerprint density at radius 3 is 2.42 bits per heavy atom. The van der Waals surface area contributed by atoms with Gasteiger partial charge < -0.3 is 4.84 Å². The van der Waals surface area contributed by atoms with E-state index < -0.39 is 0 Å². The standard InChI is InChI=1S/C16H12BrNO/c1-19-18-16(14-9-5-6-10-15(14)17)12-11-13-7-3-2-4-8-13/h2-10H,1H3/b18-16-. The van der Waals surface area contributed by atoms with Crippen molar-refractivity contribution in [2.45, 2.75) is 0 Å². The number of oxime groups is 1. The van der Waals surface area contributed by atoms with Crippen molar-refractivity contribution in [2.75, 3.05) is 7.11 Å². The Balaban J connectivity index is 2.36. The molecule has 2 aromatic rings. The molecule has 3 heteroatoms. The second kappa shape index (κ2) is 6.77. The first-order valence-corrected chi connectivity index (χ1v) is 6.53. The summed E-state index contributed by atoms with van der Waals surface area (Å²) >= 11 is 3.49. The molecular formula is C16H12BrNO. The Labute approximate surface area is 121 Å². The molecule has 0 aliphatic carbocycles. The van der Waals surface area contributed by atoms with Crippen LogP contribution in [0.15, 0.2) is 64.2 Å². The van der Waals surface area contributed by atoms with Crippen molar-refractivity contribution in [3.63, 3.8) is 0 Å². The van der Waals surface area contributed by atoms with Crippen molar-refractivity contribution >= 4 is 21.6 Å². The summed E-state index contributed by atoms with van der Waals surface area (Å²) in [5.74, 6) is 6.11. The van der Waals surface area contributed by atoms with Crippen LogP contribution in [-0.4, -0.2) is 12.8 Å². The number of benzene rings is 2. The molecule has 0 saturated heterocycles. The van der Waals surface area contributed by atoms with Crippen LogP contribution in [0.1, 0.15) is 11.1 Å². The van der Waals surface area contributed by atoms with Crippen molar-refractivity contribution in [3.8, 4) is 11.8 Å². The highest BCUT2D eigenvalue weighted by Gasteiger charge is 2.05. The monoisotopic (exact) mass is 313 g/mol. The van der Waals surface area contributed by atoms with Crippen LogP contribution in [-0.2, 0) is 4.84 Å². The summed E-state index contributed by atoms with van der Waals surface area (Å²) in [4.78, 5) is 4.87. The van der Waals surface area contributed by atoms with Crippen molar-refractivity contribution in [1.82, 2.24) is 0 Å². The largest absolute Gasteiger partial charge is 0.398 e. The quantitative estimate of drug-likeness (QED) is 0.469. The van der Waals surface area contributed by atoms with Crippen LogP contribution in [0.5, 0.6) is 0 Å².